The molecule has 110 valence electrons. The van der Waals surface area contributed by atoms with Gasteiger partial charge in [-0.05, 0) is 33.3 Å². The highest BCUT2D eigenvalue weighted by Crippen LogP contribution is 2.34. The molecule has 0 bridgehead atoms. The van der Waals surface area contributed by atoms with Gasteiger partial charge in [0.05, 0.1) is 18.2 Å². The Kier molecular flexibility index (Phi) is 5.14. The number of nitriles is 1. The Bertz CT molecular complexity index is 656. The molecule has 1 N–H and O–H groups in total. The van der Waals surface area contributed by atoms with Gasteiger partial charge in [-0.3, -0.25) is 4.72 Å². The van der Waals surface area contributed by atoms with Crippen molar-refractivity contribution in [1.82, 2.24) is 0 Å². The van der Waals surface area contributed by atoms with Crippen LogP contribution in [0.25, 0.3) is 0 Å². The van der Waals surface area contributed by atoms with Crippen molar-refractivity contribution in [3.05, 3.63) is 16.0 Å². The Hall–Kier alpha value is -1.59. The highest BCUT2D eigenvalue weighted by molar-refractivity contribution is 7.93. The molecule has 1 heterocycles. The summed E-state index contributed by atoms with van der Waals surface area (Å²) in [6.07, 6.45) is 0. The lowest BCUT2D eigenvalue weighted by molar-refractivity contribution is 0.0527. The van der Waals surface area contributed by atoms with Crippen LogP contribution in [-0.4, -0.2) is 26.2 Å². The summed E-state index contributed by atoms with van der Waals surface area (Å²) in [5.74, 6) is -0.573. The summed E-state index contributed by atoms with van der Waals surface area (Å²) >= 11 is 1.15. The van der Waals surface area contributed by atoms with Gasteiger partial charge < -0.3 is 4.74 Å². The van der Waals surface area contributed by atoms with Crippen LogP contribution < -0.4 is 4.72 Å². The van der Waals surface area contributed by atoms with Gasteiger partial charge in [0.15, 0.2) is 5.25 Å². The van der Waals surface area contributed by atoms with Crippen LogP contribution in [0, 0.1) is 25.2 Å². The molecule has 0 aromatic carbocycles. The maximum atomic E-state index is 11.9. The number of carbonyl (C=O) groups excluding carboxylic acids is 1. The molecule has 0 spiro atoms. The van der Waals surface area contributed by atoms with E-state index in [2.05, 4.69) is 4.72 Å². The number of hydrogen-bond donors (Lipinski definition) is 1. The van der Waals surface area contributed by atoms with Gasteiger partial charge in [-0.15, -0.1) is 11.3 Å². The number of nitrogens with one attached hydrogen (secondary N) is 1. The molecule has 1 atom stereocenters. The molecular weight excluding hydrogens is 300 g/mol. The number of ether oxygens (including phenoxy) is 1. The number of rotatable bonds is 5. The second-order valence-corrected chi connectivity index (χ2v) is 7.35. The summed E-state index contributed by atoms with van der Waals surface area (Å²) in [6, 6.07) is 1.66. The molecule has 6 nitrogen and oxygen atoms in total. The molecule has 20 heavy (non-hydrogen) atoms. The van der Waals surface area contributed by atoms with Crippen molar-refractivity contribution in [3.8, 4) is 6.07 Å². The summed E-state index contributed by atoms with van der Waals surface area (Å²) in [5.41, 5.74) is 0.888. The molecule has 1 unspecified atom stereocenters. The van der Waals surface area contributed by atoms with Crippen molar-refractivity contribution in [2.45, 2.75) is 32.9 Å². The highest BCUT2D eigenvalue weighted by atomic mass is 32.2. The average Bonchev–Trinajstić information content (AvgIpc) is 2.63. The second kappa shape index (κ2) is 6.24. The van der Waals surface area contributed by atoms with Crippen LogP contribution in [0.3, 0.4) is 0 Å². The summed E-state index contributed by atoms with van der Waals surface area (Å²) in [6.45, 7) is 6.67. The Labute approximate surface area is 122 Å². The summed E-state index contributed by atoms with van der Waals surface area (Å²) < 4.78 is 31.0. The third-order valence-corrected chi connectivity index (χ3v) is 5.52. The van der Waals surface area contributed by atoms with E-state index in [-0.39, 0.29) is 17.2 Å². The van der Waals surface area contributed by atoms with Crippen molar-refractivity contribution < 1.29 is 17.9 Å². The fourth-order valence-corrected chi connectivity index (χ4v) is 3.53. The van der Waals surface area contributed by atoms with E-state index in [0.29, 0.717) is 5.56 Å². The van der Waals surface area contributed by atoms with Crippen molar-refractivity contribution in [2.24, 2.45) is 0 Å². The lowest BCUT2D eigenvalue weighted by Gasteiger charge is -2.09. The van der Waals surface area contributed by atoms with Crippen LogP contribution in [0.4, 0.5) is 5.00 Å². The minimum absolute atomic E-state index is 0.195. The average molecular weight is 316 g/mol. The van der Waals surface area contributed by atoms with E-state index in [9.17, 15) is 13.2 Å². The maximum absolute atomic E-state index is 11.9. The molecule has 1 rings (SSSR count). The predicted octanol–water partition coefficient (Wildman–Crippen LogP) is 2.20. The van der Waals surface area contributed by atoms with E-state index >= 15 is 0 Å². The SMILES string of the molecule is CCOC(=O)c1c(NS(=O)(=O)C(C)C#N)sc(C)c1C. The zero-order chi connectivity index (χ0) is 15.5. The Morgan fingerprint density at radius 1 is 1.50 bits per heavy atom. The van der Waals surface area contributed by atoms with Crippen molar-refractivity contribution in [3.63, 3.8) is 0 Å². The van der Waals surface area contributed by atoms with Gasteiger partial charge in [0.2, 0.25) is 10.0 Å². The van der Waals surface area contributed by atoms with Gasteiger partial charge in [-0.25, -0.2) is 13.2 Å². The minimum atomic E-state index is -3.85. The van der Waals surface area contributed by atoms with Crippen LogP contribution in [0.15, 0.2) is 0 Å². The van der Waals surface area contributed by atoms with Crippen molar-refractivity contribution in [2.75, 3.05) is 11.3 Å². The lowest BCUT2D eigenvalue weighted by Crippen LogP contribution is -2.24. The monoisotopic (exact) mass is 316 g/mol. The van der Waals surface area contributed by atoms with Crippen LogP contribution in [0.1, 0.15) is 34.6 Å². The lowest BCUT2D eigenvalue weighted by atomic mass is 10.2. The molecule has 0 fully saturated rings. The number of sulfonamides is 1. The molecule has 1 aromatic heterocycles. The third-order valence-electron chi connectivity index (χ3n) is 2.75. The van der Waals surface area contributed by atoms with Crippen LogP contribution in [0.5, 0.6) is 0 Å². The fourth-order valence-electron chi connectivity index (χ4n) is 1.43. The maximum Gasteiger partial charge on any atom is 0.341 e. The molecule has 0 aliphatic heterocycles. The molecular formula is C12H16N2O4S2. The van der Waals surface area contributed by atoms with Crippen LogP contribution >= 0.6 is 11.3 Å². The number of hydrogen-bond acceptors (Lipinski definition) is 6. The molecule has 1 aromatic rings. The Morgan fingerprint density at radius 3 is 2.60 bits per heavy atom. The first kappa shape index (κ1) is 16.5. The van der Waals surface area contributed by atoms with E-state index < -0.39 is 21.2 Å². The van der Waals surface area contributed by atoms with Gasteiger partial charge in [0.1, 0.15) is 5.00 Å². The Morgan fingerprint density at radius 2 is 2.10 bits per heavy atom. The topological polar surface area (TPSA) is 96.3 Å². The largest absolute Gasteiger partial charge is 0.462 e. The standard InChI is InChI=1S/C12H16N2O4S2/c1-5-18-12(15)10-8(3)9(4)19-11(10)14-20(16,17)7(2)6-13/h7,14H,5H2,1-4H3. The first-order valence-electron chi connectivity index (χ1n) is 5.93. The molecule has 0 aliphatic rings. The van der Waals surface area contributed by atoms with E-state index in [1.54, 1.807) is 26.8 Å². The number of aryl methyl sites for hydroxylation is 1. The van der Waals surface area contributed by atoms with Gasteiger partial charge in [0.25, 0.3) is 0 Å². The fraction of sp³-hybridized carbons (Fsp3) is 0.500. The van der Waals surface area contributed by atoms with E-state index in [0.717, 1.165) is 16.2 Å². The normalized spacial score (nSPS) is 12.6. The number of anilines is 1. The number of carbonyl (C=O) groups is 1. The number of nitrogens with zero attached hydrogens (tertiary/aromatic N) is 1. The summed E-state index contributed by atoms with van der Waals surface area (Å²) in [5, 5.41) is 7.70. The number of esters is 1. The smallest absolute Gasteiger partial charge is 0.341 e. The molecule has 0 amide bonds. The quantitative estimate of drug-likeness (QED) is 0.840. The predicted molar refractivity (Wildman–Crippen MR) is 77.4 cm³/mol. The molecule has 0 aliphatic carbocycles. The molecule has 0 saturated heterocycles. The van der Waals surface area contributed by atoms with Gasteiger partial charge >= 0.3 is 5.97 Å². The minimum Gasteiger partial charge on any atom is -0.462 e. The molecule has 0 radical (unpaired) electrons. The number of thiophene rings is 1. The van der Waals surface area contributed by atoms with E-state index in [4.69, 9.17) is 10.00 Å². The Balaban J connectivity index is 3.24. The zero-order valence-electron chi connectivity index (χ0n) is 11.7. The zero-order valence-corrected chi connectivity index (χ0v) is 13.3. The molecule has 8 heteroatoms. The van der Waals surface area contributed by atoms with Gasteiger partial charge in [-0.2, -0.15) is 5.26 Å². The first-order chi connectivity index (χ1) is 9.24. The molecule has 0 saturated carbocycles. The summed E-state index contributed by atoms with van der Waals surface area (Å²) in [4.78, 5) is 12.7. The van der Waals surface area contributed by atoms with Gasteiger partial charge in [-0.1, -0.05) is 0 Å². The van der Waals surface area contributed by atoms with E-state index in [1.165, 1.54) is 6.92 Å². The van der Waals surface area contributed by atoms with Gasteiger partial charge in [0, 0.05) is 4.88 Å². The van der Waals surface area contributed by atoms with E-state index in [1.807, 2.05) is 0 Å². The first-order valence-corrected chi connectivity index (χ1v) is 8.29. The van der Waals surface area contributed by atoms with Crippen molar-refractivity contribution in [1.29, 1.82) is 5.26 Å². The third kappa shape index (κ3) is 3.29. The van der Waals surface area contributed by atoms with Crippen LogP contribution in [0.2, 0.25) is 0 Å². The summed E-state index contributed by atoms with van der Waals surface area (Å²) in [7, 11) is -3.85. The van der Waals surface area contributed by atoms with Crippen molar-refractivity contribution >= 4 is 32.3 Å². The van der Waals surface area contributed by atoms with Crippen LogP contribution in [-0.2, 0) is 14.8 Å². The highest BCUT2D eigenvalue weighted by Gasteiger charge is 2.27. The second-order valence-electron chi connectivity index (χ2n) is 4.13.